The lowest BCUT2D eigenvalue weighted by atomic mass is 9.96. The van der Waals surface area contributed by atoms with E-state index in [0.29, 0.717) is 0 Å². The summed E-state index contributed by atoms with van der Waals surface area (Å²) >= 11 is 0. The fraction of sp³-hybridized carbons (Fsp3) is 0.176. The molecule has 0 saturated heterocycles. The molecule has 0 spiro atoms. The number of hydrogen-bond donors (Lipinski definition) is 0. The third-order valence-electron chi connectivity index (χ3n) is 3.40. The molecule has 0 atom stereocenters. The van der Waals surface area contributed by atoms with E-state index in [9.17, 15) is 0 Å². The van der Waals surface area contributed by atoms with Gasteiger partial charge in [0.15, 0.2) is 0 Å². The van der Waals surface area contributed by atoms with Gasteiger partial charge in [-0.2, -0.15) is 0 Å². The summed E-state index contributed by atoms with van der Waals surface area (Å²) in [6.07, 6.45) is 4.48. The van der Waals surface area contributed by atoms with E-state index < -0.39 is 0 Å². The van der Waals surface area contributed by atoms with Crippen molar-refractivity contribution in [2.45, 2.75) is 19.8 Å². The second kappa shape index (κ2) is 4.21. The molecular formula is C17H16. The van der Waals surface area contributed by atoms with Crippen LogP contribution in [-0.4, -0.2) is 0 Å². The Balaban J connectivity index is 1.94. The fourth-order valence-corrected chi connectivity index (χ4v) is 2.58. The Bertz CT molecular complexity index is 562. The van der Waals surface area contributed by atoms with Crippen LogP contribution in [0.25, 0.3) is 6.08 Å². The van der Waals surface area contributed by atoms with Crippen LogP contribution in [0.3, 0.4) is 0 Å². The molecule has 3 rings (SSSR count). The van der Waals surface area contributed by atoms with Gasteiger partial charge in [0.25, 0.3) is 0 Å². The van der Waals surface area contributed by atoms with Crippen molar-refractivity contribution in [3.05, 3.63) is 76.4 Å². The molecule has 0 aliphatic heterocycles. The Hall–Kier alpha value is -1.82. The Kier molecular flexibility index (Phi) is 2.56. The van der Waals surface area contributed by atoms with Crippen LogP contribution >= 0.6 is 0 Å². The van der Waals surface area contributed by atoms with Crippen molar-refractivity contribution in [1.29, 1.82) is 0 Å². The van der Waals surface area contributed by atoms with Crippen LogP contribution in [0.2, 0.25) is 0 Å². The van der Waals surface area contributed by atoms with Gasteiger partial charge in [0.05, 0.1) is 0 Å². The van der Waals surface area contributed by atoms with Crippen molar-refractivity contribution in [2.24, 2.45) is 0 Å². The normalized spacial score (nSPS) is 13.4. The van der Waals surface area contributed by atoms with Crippen LogP contribution in [0.4, 0.5) is 0 Å². The molecule has 0 fully saturated rings. The fourth-order valence-electron chi connectivity index (χ4n) is 2.58. The predicted molar refractivity (Wildman–Crippen MR) is 73.0 cm³/mol. The topological polar surface area (TPSA) is 0 Å². The third-order valence-corrected chi connectivity index (χ3v) is 3.40. The summed E-state index contributed by atoms with van der Waals surface area (Å²) in [4.78, 5) is 0. The van der Waals surface area contributed by atoms with Crippen molar-refractivity contribution in [3.8, 4) is 0 Å². The molecule has 0 saturated carbocycles. The molecule has 1 aliphatic carbocycles. The van der Waals surface area contributed by atoms with E-state index in [1.807, 2.05) is 0 Å². The summed E-state index contributed by atoms with van der Waals surface area (Å²) in [5.74, 6) is 0. The number of allylic oxidation sites excluding steroid dienone is 1. The first-order chi connectivity index (χ1) is 8.33. The monoisotopic (exact) mass is 220 g/mol. The van der Waals surface area contributed by atoms with Crippen LogP contribution in [-0.2, 0) is 12.8 Å². The Morgan fingerprint density at radius 2 is 1.76 bits per heavy atom. The minimum atomic E-state index is 1.05. The van der Waals surface area contributed by atoms with Gasteiger partial charge in [-0.25, -0.2) is 0 Å². The van der Waals surface area contributed by atoms with Gasteiger partial charge in [0, 0.05) is 0 Å². The van der Waals surface area contributed by atoms with Crippen molar-refractivity contribution < 1.29 is 0 Å². The van der Waals surface area contributed by atoms with E-state index in [1.54, 1.807) is 0 Å². The standard InChI is InChI=1S/C17H16/c1-13-10-15-8-5-9-16(17(15)11-13)12-14-6-3-2-4-7-14/h2-10H,11-12H2,1H3. The van der Waals surface area contributed by atoms with Gasteiger partial charge in [-0.3, -0.25) is 0 Å². The third kappa shape index (κ3) is 2.03. The number of rotatable bonds is 2. The Morgan fingerprint density at radius 1 is 0.941 bits per heavy atom. The summed E-state index contributed by atoms with van der Waals surface area (Å²) in [5, 5.41) is 0. The highest BCUT2D eigenvalue weighted by Crippen LogP contribution is 2.28. The van der Waals surface area contributed by atoms with E-state index in [2.05, 4.69) is 61.5 Å². The van der Waals surface area contributed by atoms with Crippen LogP contribution in [0.5, 0.6) is 0 Å². The van der Waals surface area contributed by atoms with Crippen LogP contribution in [0, 0.1) is 0 Å². The summed E-state index contributed by atoms with van der Waals surface area (Å²) in [7, 11) is 0. The van der Waals surface area contributed by atoms with E-state index in [-0.39, 0.29) is 0 Å². The average molecular weight is 220 g/mol. The lowest BCUT2D eigenvalue weighted by Crippen LogP contribution is -1.95. The maximum Gasteiger partial charge on any atom is -0.00227 e. The average Bonchev–Trinajstić information content (AvgIpc) is 2.72. The Morgan fingerprint density at radius 3 is 2.59 bits per heavy atom. The molecule has 0 aromatic heterocycles. The lowest BCUT2D eigenvalue weighted by Gasteiger charge is -2.08. The predicted octanol–water partition coefficient (Wildman–Crippen LogP) is 4.24. The molecule has 0 heteroatoms. The van der Waals surface area contributed by atoms with Crippen molar-refractivity contribution in [1.82, 2.24) is 0 Å². The molecule has 0 unspecified atom stereocenters. The molecule has 0 N–H and O–H groups in total. The van der Waals surface area contributed by atoms with E-state index in [4.69, 9.17) is 0 Å². The second-order valence-corrected chi connectivity index (χ2v) is 4.81. The van der Waals surface area contributed by atoms with Gasteiger partial charge in [-0.1, -0.05) is 60.2 Å². The van der Waals surface area contributed by atoms with Gasteiger partial charge >= 0.3 is 0 Å². The van der Waals surface area contributed by atoms with E-state index >= 15 is 0 Å². The first-order valence-corrected chi connectivity index (χ1v) is 6.15. The molecule has 0 heterocycles. The lowest BCUT2D eigenvalue weighted by molar-refractivity contribution is 1.10. The zero-order valence-corrected chi connectivity index (χ0v) is 10.1. The summed E-state index contributed by atoms with van der Waals surface area (Å²) < 4.78 is 0. The van der Waals surface area contributed by atoms with Gasteiger partial charge in [0.2, 0.25) is 0 Å². The molecule has 0 amide bonds. The van der Waals surface area contributed by atoms with Gasteiger partial charge < -0.3 is 0 Å². The van der Waals surface area contributed by atoms with Crippen molar-refractivity contribution in [3.63, 3.8) is 0 Å². The maximum absolute atomic E-state index is 2.31. The van der Waals surface area contributed by atoms with E-state index in [1.165, 1.54) is 27.8 Å². The van der Waals surface area contributed by atoms with Crippen molar-refractivity contribution >= 4 is 6.08 Å². The van der Waals surface area contributed by atoms with E-state index in [0.717, 1.165) is 12.8 Å². The number of benzene rings is 2. The minimum absolute atomic E-state index is 1.05. The Labute approximate surface area is 103 Å². The highest BCUT2D eigenvalue weighted by atomic mass is 14.2. The highest BCUT2D eigenvalue weighted by molar-refractivity contribution is 5.65. The highest BCUT2D eigenvalue weighted by Gasteiger charge is 2.13. The first-order valence-electron chi connectivity index (χ1n) is 6.15. The zero-order chi connectivity index (χ0) is 11.7. The zero-order valence-electron chi connectivity index (χ0n) is 10.1. The van der Waals surface area contributed by atoms with Crippen LogP contribution < -0.4 is 0 Å². The number of hydrogen-bond acceptors (Lipinski definition) is 0. The first kappa shape index (κ1) is 10.3. The molecule has 84 valence electrons. The van der Waals surface area contributed by atoms with Gasteiger partial charge in [-0.15, -0.1) is 0 Å². The molecule has 0 nitrogen and oxygen atoms in total. The van der Waals surface area contributed by atoms with Crippen molar-refractivity contribution in [2.75, 3.05) is 0 Å². The largest absolute Gasteiger partial charge is 0.0683 e. The minimum Gasteiger partial charge on any atom is -0.0683 e. The number of fused-ring (bicyclic) bond motifs is 1. The molecular weight excluding hydrogens is 204 g/mol. The quantitative estimate of drug-likeness (QED) is 0.710. The molecule has 0 radical (unpaired) electrons. The summed E-state index contributed by atoms with van der Waals surface area (Å²) in [6, 6.07) is 17.4. The molecule has 2 aromatic carbocycles. The molecule has 1 aliphatic rings. The second-order valence-electron chi connectivity index (χ2n) is 4.81. The molecule has 2 aromatic rings. The maximum atomic E-state index is 2.31. The smallest absolute Gasteiger partial charge is 0.00227 e. The van der Waals surface area contributed by atoms with Crippen LogP contribution in [0.1, 0.15) is 29.2 Å². The SMILES string of the molecule is CC1=Cc2cccc(Cc3ccccc3)c2C1. The molecule has 0 bridgehead atoms. The molecule has 17 heavy (non-hydrogen) atoms. The van der Waals surface area contributed by atoms with Gasteiger partial charge in [-0.05, 0) is 42.0 Å². The summed E-state index contributed by atoms with van der Waals surface area (Å²) in [5.41, 5.74) is 7.28. The van der Waals surface area contributed by atoms with Gasteiger partial charge in [0.1, 0.15) is 0 Å². The van der Waals surface area contributed by atoms with Crippen LogP contribution in [0.15, 0.2) is 54.1 Å². The summed E-state index contributed by atoms with van der Waals surface area (Å²) in [6.45, 7) is 2.21.